The fraction of sp³-hybridized carbons (Fsp3) is 0.222. The zero-order valence-corrected chi connectivity index (χ0v) is 11.4. The third-order valence-corrected chi connectivity index (χ3v) is 3.73. The van der Waals surface area contributed by atoms with Gasteiger partial charge in [-0.1, -0.05) is 43.5 Å². The van der Waals surface area contributed by atoms with Crippen molar-refractivity contribution in [2.75, 3.05) is 0 Å². The molecule has 2 nitrogen and oxygen atoms in total. The van der Waals surface area contributed by atoms with Crippen LogP contribution < -0.4 is 0 Å². The topological polar surface area (TPSA) is 22.4 Å². The van der Waals surface area contributed by atoms with Gasteiger partial charge in [-0.25, -0.2) is 0 Å². The Bertz CT molecular complexity index is 596. The Morgan fingerprint density at radius 2 is 1.90 bits per heavy atom. The van der Waals surface area contributed by atoms with Crippen LogP contribution in [0.5, 0.6) is 0 Å². The zero-order chi connectivity index (χ0) is 13.9. The molecule has 1 aromatic heterocycles. The SMILES string of the molecule is C=C1CC(Cc2ccccc2)OC(c2ccoc2)C1=C. The lowest BCUT2D eigenvalue weighted by Gasteiger charge is -2.33. The second-order valence-electron chi connectivity index (χ2n) is 5.22. The first-order valence-electron chi connectivity index (χ1n) is 6.82. The van der Waals surface area contributed by atoms with E-state index in [1.807, 2.05) is 12.1 Å². The summed E-state index contributed by atoms with van der Waals surface area (Å²) in [4.78, 5) is 0. The molecule has 3 rings (SSSR count). The highest BCUT2D eigenvalue weighted by molar-refractivity contribution is 5.37. The van der Waals surface area contributed by atoms with Crippen molar-refractivity contribution in [1.82, 2.24) is 0 Å². The van der Waals surface area contributed by atoms with Crippen LogP contribution in [-0.2, 0) is 11.2 Å². The summed E-state index contributed by atoms with van der Waals surface area (Å²) >= 11 is 0. The van der Waals surface area contributed by atoms with E-state index in [2.05, 4.69) is 37.4 Å². The Hall–Kier alpha value is -2.06. The van der Waals surface area contributed by atoms with E-state index >= 15 is 0 Å². The molecule has 2 unspecified atom stereocenters. The highest BCUT2D eigenvalue weighted by Gasteiger charge is 2.29. The van der Waals surface area contributed by atoms with E-state index in [-0.39, 0.29) is 12.2 Å². The van der Waals surface area contributed by atoms with Crippen LogP contribution in [-0.4, -0.2) is 6.10 Å². The molecule has 0 radical (unpaired) electrons. The molecule has 2 heteroatoms. The van der Waals surface area contributed by atoms with E-state index in [9.17, 15) is 0 Å². The molecule has 1 fully saturated rings. The van der Waals surface area contributed by atoms with E-state index in [1.165, 1.54) is 5.56 Å². The van der Waals surface area contributed by atoms with Gasteiger partial charge in [0.05, 0.1) is 18.6 Å². The van der Waals surface area contributed by atoms with Gasteiger partial charge in [0.15, 0.2) is 0 Å². The average molecular weight is 266 g/mol. The van der Waals surface area contributed by atoms with Gasteiger partial charge in [0.1, 0.15) is 6.10 Å². The van der Waals surface area contributed by atoms with Gasteiger partial charge in [-0.05, 0) is 35.6 Å². The molecule has 1 saturated heterocycles. The monoisotopic (exact) mass is 266 g/mol. The van der Waals surface area contributed by atoms with Crippen molar-refractivity contribution in [2.24, 2.45) is 0 Å². The van der Waals surface area contributed by atoms with Crippen molar-refractivity contribution in [1.29, 1.82) is 0 Å². The lowest BCUT2D eigenvalue weighted by molar-refractivity contribution is -0.00588. The van der Waals surface area contributed by atoms with Crippen molar-refractivity contribution >= 4 is 0 Å². The summed E-state index contributed by atoms with van der Waals surface area (Å²) in [5.41, 5.74) is 4.32. The summed E-state index contributed by atoms with van der Waals surface area (Å²) in [6, 6.07) is 12.3. The van der Waals surface area contributed by atoms with Crippen LogP contribution in [0, 0.1) is 0 Å². The maximum atomic E-state index is 6.20. The van der Waals surface area contributed by atoms with Crippen molar-refractivity contribution in [3.05, 3.63) is 84.4 Å². The molecule has 102 valence electrons. The molecule has 2 heterocycles. The van der Waals surface area contributed by atoms with Gasteiger partial charge in [0, 0.05) is 5.56 Å². The van der Waals surface area contributed by atoms with Crippen molar-refractivity contribution in [2.45, 2.75) is 25.0 Å². The van der Waals surface area contributed by atoms with Crippen LogP contribution in [0.3, 0.4) is 0 Å². The van der Waals surface area contributed by atoms with Crippen LogP contribution in [0.1, 0.15) is 23.7 Å². The summed E-state index contributed by atoms with van der Waals surface area (Å²) in [5, 5.41) is 0. The maximum Gasteiger partial charge on any atom is 0.111 e. The second kappa shape index (κ2) is 5.51. The summed E-state index contributed by atoms with van der Waals surface area (Å²) in [6.45, 7) is 8.24. The van der Waals surface area contributed by atoms with Gasteiger partial charge >= 0.3 is 0 Å². The standard InChI is InChI=1S/C18H18O2/c1-13-10-17(11-15-6-4-3-5-7-15)20-18(14(13)2)16-8-9-19-12-16/h3-9,12,17-18H,1-2,10-11H2. The van der Waals surface area contributed by atoms with Gasteiger partial charge in [-0.2, -0.15) is 0 Å². The summed E-state index contributed by atoms with van der Waals surface area (Å²) in [6.07, 6.45) is 5.10. The molecule has 1 aliphatic heterocycles. The number of hydrogen-bond donors (Lipinski definition) is 0. The van der Waals surface area contributed by atoms with Gasteiger partial charge in [0.2, 0.25) is 0 Å². The minimum atomic E-state index is -0.135. The first-order valence-corrected chi connectivity index (χ1v) is 6.82. The highest BCUT2D eigenvalue weighted by atomic mass is 16.5. The predicted octanol–water partition coefficient (Wildman–Crippen LogP) is 4.46. The zero-order valence-electron chi connectivity index (χ0n) is 11.4. The Morgan fingerprint density at radius 1 is 1.10 bits per heavy atom. The van der Waals surface area contributed by atoms with E-state index in [0.717, 1.165) is 29.6 Å². The van der Waals surface area contributed by atoms with Gasteiger partial charge in [0.25, 0.3) is 0 Å². The quantitative estimate of drug-likeness (QED) is 0.818. The minimum absolute atomic E-state index is 0.135. The Balaban J connectivity index is 1.77. The summed E-state index contributed by atoms with van der Waals surface area (Å²) in [5.74, 6) is 0. The van der Waals surface area contributed by atoms with Gasteiger partial charge in [-0.15, -0.1) is 0 Å². The van der Waals surface area contributed by atoms with Crippen molar-refractivity contribution in [3.8, 4) is 0 Å². The van der Waals surface area contributed by atoms with E-state index in [0.29, 0.717) is 0 Å². The second-order valence-corrected chi connectivity index (χ2v) is 5.22. The molecule has 0 bridgehead atoms. The third-order valence-electron chi connectivity index (χ3n) is 3.73. The first kappa shape index (κ1) is 12.9. The molecule has 0 saturated carbocycles. The molecule has 1 aromatic carbocycles. The van der Waals surface area contributed by atoms with Crippen LogP contribution in [0.2, 0.25) is 0 Å². The third kappa shape index (κ3) is 2.61. The fourth-order valence-corrected chi connectivity index (χ4v) is 2.62. The Morgan fingerprint density at radius 3 is 2.60 bits per heavy atom. The molecule has 0 aliphatic carbocycles. The molecule has 1 aliphatic rings. The number of rotatable bonds is 3. The van der Waals surface area contributed by atoms with E-state index < -0.39 is 0 Å². The molecule has 0 N–H and O–H groups in total. The molecule has 0 spiro atoms. The molecular formula is C18H18O2. The lowest BCUT2D eigenvalue weighted by Crippen LogP contribution is -2.27. The number of benzene rings is 1. The molecular weight excluding hydrogens is 248 g/mol. The average Bonchev–Trinajstić information content (AvgIpc) is 2.98. The Labute approximate surface area is 119 Å². The molecule has 20 heavy (non-hydrogen) atoms. The Kier molecular flexibility index (Phi) is 3.57. The normalized spacial score (nSPS) is 23.0. The molecule has 0 amide bonds. The lowest BCUT2D eigenvalue weighted by atomic mass is 9.89. The number of ether oxygens (including phenoxy) is 1. The fourth-order valence-electron chi connectivity index (χ4n) is 2.62. The highest BCUT2D eigenvalue weighted by Crippen LogP contribution is 2.38. The molecule has 2 aromatic rings. The van der Waals surface area contributed by atoms with Crippen LogP contribution in [0.4, 0.5) is 0 Å². The number of furan rings is 1. The van der Waals surface area contributed by atoms with E-state index in [4.69, 9.17) is 9.15 Å². The maximum absolute atomic E-state index is 6.20. The number of hydrogen-bond acceptors (Lipinski definition) is 2. The van der Waals surface area contributed by atoms with Crippen LogP contribution >= 0.6 is 0 Å². The summed E-state index contributed by atoms with van der Waals surface area (Å²) < 4.78 is 11.4. The largest absolute Gasteiger partial charge is 0.472 e. The minimum Gasteiger partial charge on any atom is -0.472 e. The van der Waals surface area contributed by atoms with Gasteiger partial charge < -0.3 is 9.15 Å². The van der Waals surface area contributed by atoms with Crippen molar-refractivity contribution in [3.63, 3.8) is 0 Å². The summed E-state index contributed by atoms with van der Waals surface area (Å²) in [7, 11) is 0. The smallest absolute Gasteiger partial charge is 0.111 e. The van der Waals surface area contributed by atoms with Crippen LogP contribution in [0.15, 0.2) is 77.6 Å². The van der Waals surface area contributed by atoms with E-state index in [1.54, 1.807) is 12.5 Å². The van der Waals surface area contributed by atoms with Gasteiger partial charge in [-0.3, -0.25) is 0 Å². The predicted molar refractivity (Wildman–Crippen MR) is 79.4 cm³/mol. The van der Waals surface area contributed by atoms with Crippen molar-refractivity contribution < 1.29 is 9.15 Å². The van der Waals surface area contributed by atoms with Crippen LogP contribution in [0.25, 0.3) is 0 Å². The molecule has 2 atom stereocenters. The first-order chi connectivity index (χ1) is 9.74.